The van der Waals surface area contributed by atoms with Crippen LogP contribution in [0.1, 0.15) is 37.7 Å². The van der Waals surface area contributed by atoms with E-state index in [2.05, 4.69) is 5.32 Å². The summed E-state index contributed by atoms with van der Waals surface area (Å²) in [5.41, 5.74) is -0.642. The Balaban J connectivity index is 2.04. The third-order valence-electron chi connectivity index (χ3n) is 3.82. The summed E-state index contributed by atoms with van der Waals surface area (Å²) in [4.78, 5) is 23.0. The maximum absolute atomic E-state index is 13.5. The molecule has 0 spiro atoms. The molecule has 1 aromatic rings. The number of carbonyl (C=O) groups excluding carboxylic acids is 1. The molecule has 0 atom stereocenters. The van der Waals surface area contributed by atoms with Gasteiger partial charge in [-0.15, -0.1) is 0 Å². The van der Waals surface area contributed by atoms with Gasteiger partial charge in [0, 0.05) is 6.07 Å². The first kappa shape index (κ1) is 15.4. The van der Waals surface area contributed by atoms with Crippen molar-refractivity contribution in [2.45, 2.75) is 44.1 Å². The molecule has 1 saturated carbocycles. The Morgan fingerprint density at radius 1 is 1.24 bits per heavy atom. The molecule has 2 N–H and O–H groups in total. The zero-order valence-electron chi connectivity index (χ0n) is 11.5. The van der Waals surface area contributed by atoms with Gasteiger partial charge in [-0.3, -0.25) is 9.59 Å². The lowest BCUT2D eigenvalue weighted by Gasteiger charge is -2.28. The summed E-state index contributed by atoms with van der Waals surface area (Å²) in [6, 6.07) is 3.04. The fourth-order valence-corrected chi connectivity index (χ4v) is 2.87. The molecule has 2 rings (SSSR count). The normalized spacial score (nSPS) is 16.7. The van der Waals surface area contributed by atoms with Crippen LogP contribution in [0.25, 0.3) is 0 Å². The molecule has 0 saturated heterocycles. The van der Waals surface area contributed by atoms with Crippen molar-refractivity contribution in [1.29, 1.82) is 0 Å². The molecular weight excluding hydrogens is 280 g/mol. The summed E-state index contributed by atoms with van der Waals surface area (Å²) in [6.07, 6.45) is 2.57. The van der Waals surface area contributed by atoms with Gasteiger partial charge in [0.15, 0.2) is 0 Å². The van der Waals surface area contributed by atoms with Gasteiger partial charge >= 0.3 is 5.97 Å². The lowest BCUT2D eigenvalue weighted by Crippen LogP contribution is -2.48. The highest BCUT2D eigenvalue weighted by atomic mass is 19.1. The van der Waals surface area contributed by atoms with Crippen LogP contribution in [0.15, 0.2) is 18.2 Å². The van der Waals surface area contributed by atoms with E-state index in [1.54, 1.807) is 0 Å². The van der Waals surface area contributed by atoms with Crippen molar-refractivity contribution in [2.75, 3.05) is 0 Å². The first-order valence-electron chi connectivity index (χ1n) is 6.87. The van der Waals surface area contributed by atoms with Gasteiger partial charge in [-0.2, -0.15) is 0 Å². The van der Waals surface area contributed by atoms with Crippen molar-refractivity contribution >= 4 is 11.9 Å². The molecule has 0 aromatic heterocycles. The van der Waals surface area contributed by atoms with Crippen molar-refractivity contribution in [3.63, 3.8) is 0 Å². The fraction of sp³-hybridized carbons (Fsp3) is 0.467. The molecule has 1 aromatic carbocycles. The van der Waals surface area contributed by atoms with Crippen molar-refractivity contribution in [3.05, 3.63) is 35.4 Å². The van der Waals surface area contributed by atoms with Gasteiger partial charge in [0.1, 0.15) is 11.6 Å². The first-order chi connectivity index (χ1) is 9.90. The summed E-state index contributed by atoms with van der Waals surface area (Å²) in [5.74, 6) is -2.88. The van der Waals surface area contributed by atoms with E-state index in [9.17, 15) is 18.4 Å². The predicted molar refractivity (Wildman–Crippen MR) is 71.7 cm³/mol. The van der Waals surface area contributed by atoms with Crippen LogP contribution in [0.2, 0.25) is 0 Å². The molecule has 1 aliphatic rings. The van der Waals surface area contributed by atoms with Crippen LogP contribution in [0.4, 0.5) is 8.78 Å². The highest BCUT2D eigenvalue weighted by Gasteiger charge is 2.37. The summed E-state index contributed by atoms with van der Waals surface area (Å²) in [6.45, 7) is 0. The van der Waals surface area contributed by atoms with Crippen LogP contribution < -0.4 is 5.32 Å². The van der Waals surface area contributed by atoms with Crippen molar-refractivity contribution in [1.82, 2.24) is 5.32 Å². The topological polar surface area (TPSA) is 66.4 Å². The molecule has 114 valence electrons. The van der Waals surface area contributed by atoms with Gasteiger partial charge < -0.3 is 10.4 Å². The number of carbonyl (C=O) groups is 2. The van der Waals surface area contributed by atoms with E-state index in [1.165, 1.54) is 6.07 Å². The average molecular weight is 297 g/mol. The Kier molecular flexibility index (Phi) is 4.55. The Morgan fingerprint density at radius 3 is 2.48 bits per heavy atom. The summed E-state index contributed by atoms with van der Waals surface area (Å²) in [7, 11) is 0. The van der Waals surface area contributed by atoms with Gasteiger partial charge in [-0.1, -0.05) is 18.9 Å². The van der Waals surface area contributed by atoms with Crippen LogP contribution in [0.3, 0.4) is 0 Å². The van der Waals surface area contributed by atoms with Crippen molar-refractivity contribution in [3.8, 4) is 0 Å². The van der Waals surface area contributed by atoms with Crippen molar-refractivity contribution in [2.24, 2.45) is 0 Å². The van der Waals surface area contributed by atoms with Gasteiger partial charge in [0.25, 0.3) is 0 Å². The van der Waals surface area contributed by atoms with Crippen LogP contribution in [0.5, 0.6) is 0 Å². The lowest BCUT2D eigenvalue weighted by molar-refractivity contribution is -0.139. The minimum atomic E-state index is -0.967. The molecule has 0 bridgehead atoms. The molecule has 6 heteroatoms. The second-order valence-corrected chi connectivity index (χ2v) is 5.52. The number of hydrogen-bond donors (Lipinski definition) is 2. The van der Waals surface area contributed by atoms with E-state index in [1.807, 2.05) is 0 Å². The SMILES string of the molecule is O=C(O)CC1(NC(=O)Cc2ccc(F)cc2F)CCCC1. The molecule has 0 unspecified atom stereocenters. The molecule has 4 nitrogen and oxygen atoms in total. The van der Waals surface area contributed by atoms with Crippen LogP contribution in [-0.2, 0) is 16.0 Å². The van der Waals surface area contributed by atoms with Gasteiger partial charge in [0.2, 0.25) is 5.91 Å². The summed E-state index contributed by atoms with van der Waals surface area (Å²) in [5, 5.41) is 11.7. The van der Waals surface area contributed by atoms with Gasteiger partial charge in [0.05, 0.1) is 18.4 Å². The maximum atomic E-state index is 13.5. The second kappa shape index (κ2) is 6.20. The monoisotopic (exact) mass is 297 g/mol. The largest absolute Gasteiger partial charge is 0.481 e. The van der Waals surface area contributed by atoms with Crippen LogP contribution >= 0.6 is 0 Å². The standard InChI is InChI=1S/C15H17F2NO3/c16-11-4-3-10(12(17)8-11)7-13(19)18-15(9-14(20)21)5-1-2-6-15/h3-4,8H,1-2,5-7,9H2,(H,18,19)(H,20,21). The zero-order chi connectivity index (χ0) is 15.5. The smallest absolute Gasteiger partial charge is 0.305 e. The van der Waals surface area contributed by atoms with E-state index in [4.69, 9.17) is 5.11 Å². The van der Waals surface area contributed by atoms with E-state index in [0.717, 1.165) is 25.0 Å². The van der Waals surface area contributed by atoms with E-state index >= 15 is 0 Å². The number of halogens is 2. The molecule has 0 heterocycles. The quantitative estimate of drug-likeness (QED) is 0.877. The number of nitrogens with one attached hydrogen (secondary N) is 1. The lowest BCUT2D eigenvalue weighted by atomic mass is 9.92. The summed E-state index contributed by atoms with van der Waals surface area (Å²) >= 11 is 0. The van der Waals surface area contributed by atoms with E-state index in [-0.39, 0.29) is 18.4 Å². The number of rotatable bonds is 5. The highest BCUT2D eigenvalue weighted by molar-refractivity contribution is 5.80. The molecule has 1 aliphatic carbocycles. The van der Waals surface area contributed by atoms with Gasteiger partial charge in [-0.25, -0.2) is 8.78 Å². The van der Waals surface area contributed by atoms with Crippen LogP contribution in [-0.4, -0.2) is 22.5 Å². The van der Waals surface area contributed by atoms with Crippen LogP contribution in [0, 0.1) is 11.6 Å². The zero-order valence-corrected chi connectivity index (χ0v) is 11.5. The molecule has 1 fully saturated rings. The number of carboxylic acid groups (broad SMARTS) is 1. The fourth-order valence-electron chi connectivity index (χ4n) is 2.87. The Bertz CT molecular complexity index is 554. The first-order valence-corrected chi connectivity index (χ1v) is 6.87. The third-order valence-corrected chi connectivity index (χ3v) is 3.82. The molecule has 0 radical (unpaired) electrons. The molecule has 21 heavy (non-hydrogen) atoms. The number of carboxylic acids is 1. The minimum absolute atomic E-state index is 0.0948. The maximum Gasteiger partial charge on any atom is 0.305 e. The Labute approximate surface area is 121 Å². The molecule has 1 amide bonds. The minimum Gasteiger partial charge on any atom is -0.481 e. The van der Waals surface area contributed by atoms with E-state index in [0.29, 0.717) is 12.8 Å². The van der Waals surface area contributed by atoms with Crippen molar-refractivity contribution < 1.29 is 23.5 Å². The highest BCUT2D eigenvalue weighted by Crippen LogP contribution is 2.32. The number of hydrogen-bond acceptors (Lipinski definition) is 2. The summed E-state index contributed by atoms with van der Waals surface area (Å²) < 4.78 is 26.3. The average Bonchev–Trinajstić information content (AvgIpc) is 2.80. The number of amides is 1. The Hall–Kier alpha value is -1.98. The number of benzene rings is 1. The molecule has 0 aliphatic heterocycles. The number of aliphatic carboxylic acids is 1. The Morgan fingerprint density at radius 2 is 1.90 bits per heavy atom. The van der Waals surface area contributed by atoms with Gasteiger partial charge in [-0.05, 0) is 24.5 Å². The third kappa shape index (κ3) is 4.00. The predicted octanol–water partition coefficient (Wildman–Crippen LogP) is 2.41. The molecular formula is C15H17F2NO3. The van der Waals surface area contributed by atoms with E-state index < -0.39 is 29.0 Å². The second-order valence-electron chi connectivity index (χ2n) is 5.52.